The van der Waals surface area contributed by atoms with E-state index in [-0.39, 0.29) is 5.43 Å². The Balaban J connectivity index is 1.87. The molecular weight excluding hydrogens is 204 g/mol. The minimum absolute atomic E-state index is 0.0438. The van der Waals surface area contributed by atoms with E-state index in [0.717, 1.165) is 25.3 Å². The molecule has 0 aliphatic carbocycles. The van der Waals surface area contributed by atoms with Gasteiger partial charge in [0.25, 0.3) is 0 Å². The van der Waals surface area contributed by atoms with Gasteiger partial charge >= 0.3 is 0 Å². The number of aromatic amines is 1. The van der Waals surface area contributed by atoms with Crippen LogP contribution in [0.2, 0.25) is 0 Å². The molecule has 1 aliphatic heterocycles. The van der Waals surface area contributed by atoms with Crippen LogP contribution >= 0.6 is 0 Å². The summed E-state index contributed by atoms with van der Waals surface area (Å²) in [6.07, 6.45) is 4.21. The van der Waals surface area contributed by atoms with E-state index in [9.17, 15) is 4.79 Å². The first-order chi connectivity index (χ1) is 7.77. The van der Waals surface area contributed by atoms with Crippen LogP contribution in [0.4, 0.5) is 0 Å². The molecule has 0 aromatic carbocycles. The highest BCUT2D eigenvalue weighted by molar-refractivity contribution is 5.25. The molecule has 16 heavy (non-hydrogen) atoms. The second-order valence-electron chi connectivity index (χ2n) is 4.19. The molecule has 1 aliphatic rings. The zero-order valence-corrected chi connectivity index (χ0v) is 9.66. The summed E-state index contributed by atoms with van der Waals surface area (Å²) < 4.78 is 5.54. The van der Waals surface area contributed by atoms with Gasteiger partial charge in [-0.2, -0.15) is 0 Å². The highest BCUT2D eigenvalue weighted by Crippen LogP contribution is 2.09. The van der Waals surface area contributed by atoms with Crippen LogP contribution in [0.1, 0.15) is 18.5 Å². The van der Waals surface area contributed by atoms with Gasteiger partial charge in [-0.3, -0.25) is 9.69 Å². The molecule has 0 radical (unpaired) electrons. The molecule has 88 valence electrons. The number of hydrogen-bond acceptors (Lipinski definition) is 3. The normalized spacial score (nSPS) is 16.6. The van der Waals surface area contributed by atoms with Gasteiger partial charge in [-0.25, -0.2) is 0 Å². The third-order valence-electron chi connectivity index (χ3n) is 2.95. The van der Waals surface area contributed by atoms with Gasteiger partial charge in [0.05, 0.1) is 5.69 Å². The molecule has 1 aromatic heterocycles. The molecule has 1 aromatic rings. The second kappa shape index (κ2) is 5.16. The van der Waals surface area contributed by atoms with Crippen molar-refractivity contribution in [2.75, 3.05) is 26.2 Å². The van der Waals surface area contributed by atoms with Crippen molar-refractivity contribution in [2.24, 2.45) is 0 Å². The molecule has 0 saturated carbocycles. The summed E-state index contributed by atoms with van der Waals surface area (Å²) >= 11 is 0. The minimum Gasteiger partial charge on any atom is -0.486 e. The monoisotopic (exact) mass is 222 g/mol. The molecule has 0 bridgehead atoms. The summed E-state index contributed by atoms with van der Waals surface area (Å²) in [4.78, 5) is 16.9. The fraction of sp³-hybridized carbons (Fsp3) is 0.583. The van der Waals surface area contributed by atoms with Gasteiger partial charge in [0, 0.05) is 18.8 Å². The standard InChI is InChI=1S/C12H18N2O2/c1-10-12(11(15)4-5-13-10)16-9-8-14-6-2-3-7-14/h4-5H,2-3,6-9H2,1H3,(H,13,15). The van der Waals surface area contributed by atoms with Crippen LogP contribution in [0.3, 0.4) is 0 Å². The van der Waals surface area contributed by atoms with E-state index in [1.54, 1.807) is 6.20 Å². The second-order valence-corrected chi connectivity index (χ2v) is 4.19. The van der Waals surface area contributed by atoms with Crippen molar-refractivity contribution in [3.8, 4) is 5.75 Å². The minimum atomic E-state index is -0.0438. The molecular formula is C12H18N2O2. The van der Waals surface area contributed by atoms with Crippen LogP contribution in [0.25, 0.3) is 0 Å². The number of pyridine rings is 1. The van der Waals surface area contributed by atoms with Gasteiger partial charge in [0.15, 0.2) is 5.75 Å². The molecule has 4 nitrogen and oxygen atoms in total. The Morgan fingerprint density at radius 1 is 1.44 bits per heavy atom. The third-order valence-corrected chi connectivity index (χ3v) is 2.95. The van der Waals surface area contributed by atoms with Crippen LogP contribution in [-0.2, 0) is 0 Å². The molecule has 0 spiro atoms. The van der Waals surface area contributed by atoms with Gasteiger partial charge in [-0.1, -0.05) is 0 Å². The Labute approximate surface area is 95.2 Å². The summed E-state index contributed by atoms with van der Waals surface area (Å²) in [5, 5.41) is 0. The highest BCUT2D eigenvalue weighted by Gasteiger charge is 2.11. The number of hydrogen-bond donors (Lipinski definition) is 1. The van der Waals surface area contributed by atoms with Crippen molar-refractivity contribution in [2.45, 2.75) is 19.8 Å². The lowest BCUT2D eigenvalue weighted by molar-refractivity contribution is 0.235. The van der Waals surface area contributed by atoms with Crippen molar-refractivity contribution in [1.29, 1.82) is 0 Å². The van der Waals surface area contributed by atoms with Crippen LogP contribution in [-0.4, -0.2) is 36.1 Å². The SMILES string of the molecule is Cc1[nH]ccc(=O)c1OCCN1CCCC1. The van der Waals surface area contributed by atoms with Crippen LogP contribution in [0.5, 0.6) is 5.75 Å². The largest absolute Gasteiger partial charge is 0.486 e. The van der Waals surface area contributed by atoms with E-state index >= 15 is 0 Å². The zero-order valence-electron chi connectivity index (χ0n) is 9.66. The summed E-state index contributed by atoms with van der Waals surface area (Å²) in [6.45, 7) is 5.68. The molecule has 4 heteroatoms. The first kappa shape index (κ1) is 11.2. The fourth-order valence-electron chi connectivity index (χ4n) is 2.03. The van der Waals surface area contributed by atoms with Gasteiger partial charge in [-0.05, 0) is 32.9 Å². The average molecular weight is 222 g/mol. The number of nitrogens with zero attached hydrogens (tertiary/aromatic N) is 1. The Bertz CT molecular complexity index is 394. The quantitative estimate of drug-likeness (QED) is 0.831. The van der Waals surface area contributed by atoms with E-state index in [4.69, 9.17) is 4.74 Å². The maximum absolute atomic E-state index is 11.5. The number of aromatic nitrogens is 1. The Kier molecular flexibility index (Phi) is 3.62. The van der Waals surface area contributed by atoms with Crippen LogP contribution in [0.15, 0.2) is 17.1 Å². The van der Waals surface area contributed by atoms with Gasteiger partial charge < -0.3 is 9.72 Å². The van der Waals surface area contributed by atoms with Crippen molar-refractivity contribution in [3.63, 3.8) is 0 Å². The summed E-state index contributed by atoms with van der Waals surface area (Å²) in [6, 6.07) is 1.50. The molecule has 1 N–H and O–H groups in total. The van der Waals surface area contributed by atoms with Crippen molar-refractivity contribution in [1.82, 2.24) is 9.88 Å². The Morgan fingerprint density at radius 2 is 2.19 bits per heavy atom. The first-order valence-electron chi connectivity index (χ1n) is 5.81. The number of aryl methyl sites for hydroxylation is 1. The van der Waals surface area contributed by atoms with E-state index < -0.39 is 0 Å². The number of ether oxygens (including phenoxy) is 1. The van der Waals surface area contributed by atoms with Crippen molar-refractivity contribution < 1.29 is 4.74 Å². The molecule has 1 fully saturated rings. The maximum Gasteiger partial charge on any atom is 0.223 e. The smallest absolute Gasteiger partial charge is 0.223 e. The predicted octanol–water partition coefficient (Wildman–Crippen LogP) is 1.16. The summed E-state index contributed by atoms with van der Waals surface area (Å²) in [5.74, 6) is 0.460. The molecule has 0 atom stereocenters. The van der Waals surface area contributed by atoms with E-state index in [2.05, 4.69) is 9.88 Å². The van der Waals surface area contributed by atoms with Gasteiger partial charge in [0.1, 0.15) is 6.61 Å². The first-order valence-corrected chi connectivity index (χ1v) is 5.81. The lowest BCUT2D eigenvalue weighted by Crippen LogP contribution is -2.26. The number of nitrogens with one attached hydrogen (secondary N) is 1. The number of rotatable bonds is 4. The van der Waals surface area contributed by atoms with Crippen LogP contribution < -0.4 is 10.2 Å². The highest BCUT2D eigenvalue weighted by atomic mass is 16.5. The molecule has 2 heterocycles. The lowest BCUT2D eigenvalue weighted by Gasteiger charge is -2.15. The molecule has 1 saturated heterocycles. The Morgan fingerprint density at radius 3 is 2.88 bits per heavy atom. The Hall–Kier alpha value is -1.29. The molecule has 0 amide bonds. The number of H-pyrrole nitrogens is 1. The van der Waals surface area contributed by atoms with Gasteiger partial charge in [-0.15, -0.1) is 0 Å². The van der Waals surface area contributed by atoms with E-state index in [0.29, 0.717) is 12.4 Å². The number of likely N-dealkylation sites (tertiary alicyclic amines) is 1. The molecule has 0 unspecified atom stereocenters. The van der Waals surface area contributed by atoms with Gasteiger partial charge in [0.2, 0.25) is 5.43 Å². The third kappa shape index (κ3) is 2.64. The fourth-order valence-corrected chi connectivity index (χ4v) is 2.03. The van der Waals surface area contributed by atoms with Crippen molar-refractivity contribution >= 4 is 0 Å². The summed E-state index contributed by atoms with van der Waals surface area (Å²) in [5.41, 5.74) is 0.756. The zero-order chi connectivity index (χ0) is 11.4. The van der Waals surface area contributed by atoms with E-state index in [1.165, 1.54) is 18.9 Å². The summed E-state index contributed by atoms with van der Waals surface area (Å²) in [7, 11) is 0. The van der Waals surface area contributed by atoms with Crippen molar-refractivity contribution in [3.05, 3.63) is 28.2 Å². The van der Waals surface area contributed by atoms with E-state index in [1.807, 2.05) is 6.92 Å². The predicted molar refractivity (Wildman–Crippen MR) is 63.0 cm³/mol. The molecule has 2 rings (SSSR count). The lowest BCUT2D eigenvalue weighted by atomic mass is 10.3. The maximum atomic E-state index is 11.5. The average Bonchev–Trinajstić information content (AvgIpc) is 2.75. The topological polar surface area (TPSA) is 45.3 Å². The van der Waals surface area contributed by atoms with Crippen LogP contribution in [0, 0.1) is 6.92 Å².